The lowest BCUT2D eigenvalue weighted by Gasteiger charge is -2.39. The van der Waals surface area contributed by atoms with Gasteiger partial charge in [0.1, 0.15) is 0 Å². The largest absolute Gasteiger partial charge is 0.391 e. The predicted octanol–water partition coefficient (Wildman–Crippen LogP) is 3.00. The molecule has 4 nitrogen and oxygen atoms in total. The molecule has 1 aliphatic rings. The van der Waals surface area contributed by atoms with Crippen molar-refractivity contribution in [1.29, 1.82) is 0 Å². The summed E-state index contributed by atoms with van der Waals surface area (Å²) in [4.78, 5) is 6.99. The van der Waals surface area contributed by atoms with Gasteiger partial charge in [-0.05, 0) is 26.3 Å². The number of aliphatic hydroxyl groups excluding tert-OH is 1. The molecule has 0 aromatic heterocycles. The molecule has 0 aliphatic carbocycles. The molecule has 2 rings (SSSR count). The Hall–Kier alpha value is -0.470. The first-order chi connectivity index (χ1) is 11.0. The van der Waals surface area contributed by atoms with Gasteiger partial charge in [-0.15, -0.1) is 24.0 Å². The van der Waals surface area contributed by atoms with E-state index < -0.39 is 6.10 Å². The highest BCUT2D eigenvalue weighted by Crippen LogP contribution is 2.29. The third kappa shape index (κ3) is 7.19. The van der Waals surface area contributed by atoms with Crippen molar-refractivity contribution in [2.45, 2.75) is 38.0 Å². The minimum absolute atomic E-state index is 0. The Bertz CT molecular complexity index is 510. The first-order valence-corrected chi connectivity index (χ1v) is 9.38. The van der Waals surface area contributed by atoms with Crippen LogP contribution in [0.25, 0.3) is 0 Å². The van der Waals surface area contributed by atoms with Crippen LogP contribution in [0.2, 0.25) is 0 Å². The lowest BCUT2D eigenvalue weighted by molar-refractivity contribution is 0.183. The molecule has 1 atom stereocenters. The molecule has 1 unspecified atom stereocenters. The zero-order chi connectivity index (χ0) is 16.7. The molecule has 24 heavy (non-hydrogen) atoms. The topological polar surface area (TPSA) is 47.9 Å². The van der Waals surface area contributed by atoms with Gasteiger partial charge in [-0.2, -0.15) is 11.8 Å². The molecule has 1 aromatic carbocycles. The number of hydrogen-bond donors (Lipinski definition) is 2. The van der Waals surface area contributed by atoms with Crippen molar-refractivity contribution in [2.24, 2.45) is 4.99 Å². The molecular weight excluding hydrogens is 433 g/mol. The van der Waals surface area contributed by atoms with Crippen LogP contribution in [0, 0.1) is 0 Å². The first-order valence-electron chi connectivity index (χ1n) is 8.39. The smallest absolute Gasteiger partial charge is 0.194 e. The maximum Gasteiger partial charge on any atom is 0.194 e. The fourth-order valence-corrected chi connectivity index (χ4v) is 3.88. The molecule has 0 amide bonds. The van der Waals surface area contributed by atoms with Crippen molar-refractivity contribution in [3.63, 3.8) is 0 Å². The molecule has 1 saturated heterocycles. The van der Waals surface area contributed by atoms with Crippen molar-refractivity contribution >= 4 is 41.7 Å². The number of aliphatic imine (C=N–C) groups is 1. The summed E-state index contributed by atoms with van der Waals surface area (Å²) in [6.07, 6.45) is 0.198. The van der Waals surface area contributed by atoms with E-state index in [1.165, 1.54) is 0 Å². The summed E-state index contributed by atoms with van der Waals surface area (Å²) in [5.41, 5.74) is 1.15. The molecule has 0 saturated carbocycles. The zero-order valence-corrected chi connectivity index (χ0v) is 18.0. The number of nitrogens with one attached hydrogen (secondary N) is 1. The first kappa shape index (κ1) is 21.6. The number of hydrogen-bond acceptors (Lipinski definition) is 3. The van der Waals surface area contributed by atoms with Gasteiger partial charge < -0.3 is 15.3 Å². The van der Waals surface area contributed by atoms with Gasteiger partial charge in [0.25, 0.3) is 0 Å². The summed E-state index contributed by atoms with van der Waals surface area (Å²) in [5.74, 6) is 2.04. The molecular formula is C18H30IN3OS. The fraction of sp³-hybridized carbons (Fsp3) is 0.611. The van der Waals surface area contributed by atoms with Crippen molar-refractivity contribution in [1.82, 2.24) is 10.2 Å². The van der Waals surface area contributed by atoms with Gasteiger partial charge in [-0.3, -0.25) is 4.99 Å². The predicted molar refractivity (Wildman–Crippen MR) is 116 cm³/mol. The van der Waals surface area contributed by atoms with E-state index in [-0.39, 0.29) is 28.7 Å². The van der Waals surface area contributed by atoms with Gasteiger partial charge in [0, 0.05) is 36.6 Å². The summed E-state index contributed by atoms with van der Waals surface area (Å²) >= 11 is 2.01. The second kappa shape index (κ2) is 10.5. The quantitative estimate of drug-likeness (QED) is 0.401. The van der Waals surface area contributed by atoms with E-state index in [1.54, 1.807) is 0 Å². The number of aliphatic hydroxyl groups is 1. The summed E-state index contributed by atoms with van der Waals surface area (Å²) in [5, 5.41) is 13.6. The molecule has 136 valence electrons. The Labute approximate surface area is 167 Å². The Morgan fingerprint density at radius 2 is 2.08 bits per heavy atom. The van der Waals surface area contributed by atoms with Crippen LogP contribution in [0.15, 0.2) is 35.3 Å². The maximum absolute atomic E-state index is 10.3. The lowest BCUT2D eigenvalue weighted by atomic mass is 10.1. The summed E-state index contributed by atoms with van der Waals surface area (Å²) in [7, 11) is 0. The van der Waals surface area contributed by atoms with Crippen molar-refractivity contribution < 1.29 is 5.11 Å². The number of nitrogens with zero attached hydrogens (tertiary/aromatic N) is 2. The molecule has 0 radical (unpaired) electrons. The zero-order valence-electron chi connectivity index (χ0n) is 14.9. The van der Waals surface area contributed by atoms with E-state index in [2.05, 4.69) is 36.0 Å². The van der Waals surface area contributed by atoms with Crippen molar-refractivity contribution in [3.8, 4) is 0 Å². The van der Waals surface area contributed by atoms with Gasteiger partial charge in [0.15, 0.2) is 5.96 Å². The van der Waals surface area contributed by atoms with Crippen LogP contribution in [0.4, 0.5) is 0 Å². The van der Waals surface area contributed by atoms with Gasteiger partial charge in [-0.25, -0.2) is 0 Å². The monoisotopic (exact) mass is 463 g/mol. The van der Waals surface area contributed by atoms with E-state index in [1.807, 2.05) is 42.1 Å². The number of rotatable bonds is 5. The average Bonchev–Trinajstić information content (AvgIpc) is 2.51. The van der Waals surface area contributed by atoms with E-state index in [0.29, 0.717) is 13.0 Å². The van der Waals surface area contributed by atoms with Crippen molar-refractivity contribution in [3.05, 3.63) is 35.9 Å². The minimum atomic E-state index is -0.446. The number of guanidine groups is 1. The number of thioether (sulfide) groups is 1. The SMILES string of the molecule is CCNC(=NCC(O)Cc1ccccc1)N1CCSC(C)(C)C1.I. The van der Waals surface area contributed by atoms with Crippen LogP contribution < -0.4 is 5.32 Å². The number of benzene rings is 1. The van der Waals surface area contributed by atoms with E-state index >= 15 is 0 Å². The molecule has 6 heteroatoms. The highest BCUT2D eigenvalue weighted by molar-refractivity contribution is 14.0. The normalized spacial score (nSPS) is 18.7. The molecule has 2 N–H and O–H groups in total. The Kier molecular flexibility index (Phi) is 9.44. The standard InChI is InChI=1S/C18H29N3OS.HI/c1-4-19-17(21-10-11-23-18(2,3)14-21)20-13-16(22)12-15-8-6-5-7-9-15;/h5-9,16,22H,4,10-14H2,1-3H3,(H,19,20);1H. The van der Waals surface area contributed by atoms with E-state index in [0.717, 1.165) is 36.9 Å². The average molecular weight is 463 g/mol. The van der Waals surface area contributed by atoms with Gasteiger partial charge >= 0.3 is 0 Å². The van der Waals surface area contributed by atoms with Crippen LogP contribution in [0.3, 0.4) is 0 Å². The molecule has 1 aromatic rings. The maximum atomic E-state index is 10.3. The second-order valence-electron chi connectivity index (χ2n) is 6.57. The molecule has 1 aliphatic heterocycles. The minimum Gasteiger partial charge on any atom is -0.391 e. The second-order valence-corrected chi connectivity index (χ2v) is 8.37. The van der Waals surface area contributed by atoms with Crippen LogP contribution in [-0.4, -0.2) is 58.7 Å². The van der Waals surface area contributed by atoms with Gasteiger partial charge in [0.2, 0.25) is 0 Å². The third-order valence-electron chi connectivity index (χ3n) is 3.83. The Balaban J connectivity index is 0.00000288. The third-order valence-corrected chi connectivity index (χ3v) is 5.12. The number of halogens is 1. The lowest BCUT2D eigenvalue weighted by Crippen LogP contribution is -2.51. The van der Waals surface area contributed by atoms with Crippen LogP contribution >= 0.6 is 35.7 Å². The Morgan fingerprint density at radius 3 is 2.71 bits per heavy atom. The fourth-order valence-electron chi connectivity index (χ4n) is 2.77. The van der Waals surface area contributed by atoms with Crippen LogP contribution in [0.1, 0.15) is 26.3 Å². The van der Waals surface area contributed by atoms with E-state index in [9.17, 15) is 5.11 Å². The molecule has 0 spiro atoms. The van der Waals surface area contributed by atoms with Crippen LogP contribution in [0.5, 0.6) is 0 Å². The highest BCUT2D eigenvalue weighted by atomic mass is 127. The molecule has 1 fully saturated rings. The Morgan fingerprint density at radius 1 is 1.38 bits per heavy atom. The molecule has 0 bridgehead atoms. The molecule has 1 heterocycles. The van der Waals surface area contributed by atoms with Gasteiger partial charge in [-0.1, -0.05) is 30.3 Å². The summed E-state index contributed by atoms with van der Waals surface area (Å²) < 4.78 is 0.247. The summed E-state index contributed by atoms with van der Waals surface area (Å²) in [6.45, 7) is 9.90. The summed E-state index contributed by atoms with van der Waals surface area (Å²) in [6, 6.07) is 10.1. The van der Waals surface area contributed by atoms with Crippen molar-refractivity contribution in [2.75, 3.05) is 31.9 Å². The van der Waals surface area contributed by atoms with Gasteiger partial charge in [0.05, 0.1) is 12.6 Å². The van der Waals surface area contributed by atoms with Crippen LogP contribution in [-0.2, 0) is 6.42 Å². The highest BCUT2D eigenvalue weighted by Gasteiger charge is 2.28. The van der Waals surface area contributed by atoms with E-state index in [4.69, 9.17) is 0 Å².